The van der Waals surface area contributed by atoms with E-state index < -0.39 is 7.12 Å². The molecular weight excluding hydrogens is 322 g/mol. The highest BCUT2D eigenvalue weighted by Crippen LogP contribution is 2.36. The molecule has 1 atom stereocenters. The summed E-state index contributed by atoms with van der Waals surface area (Å²) in [5.41, 5.74) is 1.30. The molecule has 0 aliphatic carbocycles. The van der Waals surface area contributed by atoms with Gasteiger partial charge >= 0.3 is 7.12 Å². The van der Waals surface area contributed by atoms with Crippen LogP contribution in [0.4, 0.5) is 0 Å². The molecule has 0 bridgehead atoms. The van der Waals surface area contributed by atoms with Crippen LogP contribution in [0.2, 0.25) is 5.02 Å². The third-order valence-electron chi connectivity index (χ3n) is 5.12. The SMILES string of the molecule is CCC(c1ccccc1Cl)n1cc(B2OC(C)(C)C(C)(C)O2)cn1. The van der Waals surface area contributed by atoms with Crippen molar-refractivity contribution in [2.45, 2.75) is 58.3 Å². The van der Waals surface area contributed by atoms with Gasteiger partial charge < -0.3 is 9.31 Å². The molecule has 1 fully saturated rings. The molecule has 0 saturated carbocycles. The lowest BCUT2D eigenvalue weighted by Crippen LogP contribution is -2.41. The summed E-state index contributed by atoms with van der Waals surface area (Å²) in [7, 11) is -0.396. The van der Waals surface area contributed by atoms with Crippen LogP contribution < -0.4 is 5.46 Å². The molecular formula is C18H24BClN2O2. The Balaban J connectivity index is 1.87. The van der Waals surface area contributed by atoms with Gasteiger partial charge in [-0.05, 0) is 45.7 Å². The number of benzene rings is 1. The first-order valence-corrected chi connectivity index (χ1v) is 8.77. The van der Waals surface area contributed by atoms with E-state index >= 15 is 0 Å². The second-order valence-corrected chi connectivity index (χ2v) is 7.69. The van der Waals surface area contributed by atoms with E-state index in [9.17, 15) is 0 Å². The van der Waals surface area contributed by atoms with Crippen LogP contribution in [0.3, 0.4) is 0 Å². The molecule has 0 N–H and O–H groups in total. The van der Waals surface area contributed by atoms with Crippen molar-refractivity contribution in [1.29, 1.82) is 0 Å². The molecule has 1 saturated heterocycles. The predicted octanol–water partition coefficient (Wildman–Crippen LogP) is 3.84. The zero-order valence-corrected chi connectivity index (χ0v) is 15.7. The van der Waals surface area contributed by atoms with Gasteiger partial charge in [0.1, 0.15) is 0 Å². The maximum atomic E-state index is 6.37. The van der Waals surface area contributed by atoms with Gasteiger partial charge in [0, 0.05) is 22.9 Å². The van der Waals surface area contributed by atoms with Crippen LogP contribution in [0.5, 0.6) is 0 Å². The number of hydrogen-bond acceptors (Lipinski definition) is 3. The van der Waals surface area contributed by atoms with Gasteiger partial charge in [0.05, 0.1) is 17.2 Å². The van der Waals surface area contributed by atoms with E-state index in [2.05, 4.69) is 39.7 Å². The van der Waals surface area contributed by atoms with Crippen molar-refractivity contribution in [2.24, 2.45) is 0 Å². The van der Waals surface area contributed by atoms with E-state index in [1.54, 1.807) is 0 Å². The predicted molar refractivity (Wildman–Crippen MR) is 97.8 cm³/mol. The standard InChI is InChI=1S/C18H24BClN2O2/c1-6-16(14-9-7-8-10-15(14)20)22-12-13(11-21-22)19-23-17(2,3)18(4,5)24-19/h7-12,16H,6H2,1-5H3. The summed E-state index contributed by atoms with van der Waals surface area (Å²) >= 11 is 6.37. The maximum Gasteiger partial charge on any atom is 0.498 e. The molecule has 1 aromatic carbocycles. The largest absolute Gasteiger partial charge is 0.498 e. The van der Waals surface area contributed by atoms with Gasteiger partial charge in [0.2, 0.25) is 0 Å². The van der Waals surface area contributed by atoms with Gasteiger partial charge in [-0.25, -0.2) is 0 Å². The van der Waals surface area contributed by atoms with E-state index in [4.69, 9.17) is 20.9 Å². The molecule has 1 aromatic heterocycles. The number of aromatic nitrogens is 2. The minimum Gasteiger partial charge on any atom is -0.399 e. The summed E-state index contributed by atoms with van der Waals surface area (Å²) in [5, 5.41) is 5.30. The lowest BCUT2D eigenvalue weighted by atomic mass is 9.82. The van der Waals surface area contributed by atoms with Gasteiger partial charge in [-0.3, -0.25) is 4.68 Å². The van der Waals surface area contributed by atoms with Gasteiger partial charge in [-0.15, -0.1) is 0 Å². The van der Waals surface area contributed by atoms with Crippen LogP contribution in [0, 0.1) is 0 Å². The summed E-state index contributed by atoms with van der Waals surface area (Å²) in [6.45, 7) is 10.3. The fraction of sp³-hybridized carbons (Fsp3) is 0.500. The highest BCUT2D eigenvalue weighted by molar-refractivity contribution is 6.62. The van der Waals surface area contributed by atoms with E-state index in [1.165, 1.54) is 0 Å². The van der Waals surface area contributed by atoms with Crippen molar-refractivity contribution in [3.63, 3.8) is 0 Å². The summed E-state index contributed by atoms with van der Waals surface area (Å²) < 4.78 is 14.2. The van der Waals surface area contributed by atoms with Crippen LogP contribution in [0.25, 0.3) is 0 Å². The second kappa shape index (κ2) is 6.21. The van der Waals surface area contributed by atoms with Crippen molar-refractivity contribution in [3.8, 4) is 0 Å². The monoisotopic (exact) mass is 346 g/mol. The van der Waals surface area contributed by atoms with E-state index in [-0.39, 0.29) is 17.2 Å². The molecule has 4 nitrogen and oxygen atoms in total. The van der Waals surface area contributed by atoms with Crippen molar-refractivity contribution in [3.05, 3.63) is 47.2 Å². The average Bonchev–Trinajstić information content (AvgIpc) is 3.05. The summed E-state index contributed by atoms with van der Waals surface area (Å²) in [4.78, 5) is 0. The third-order valence-corrected chi connectivity index (χ3v) is 5.46. The minimum atomic E-state index is -0.396. The van der Waals surface area contributed by atoms with Crippen molar-refractivity contribution < 1.29 is 9.31 Å². The summed E-state index contributed by atoms with van der Waals surface area (Å²) in [6.07, 6.45) is 4.72. The summed E-state index contributed by atoms with van der Waals surface area (Å²) in [5.74, 6) is 0. The lowest BCUT2D eigenvalue weighted by Gasteiger charge is -2.32. The van der Waals surface area contributed by atoms with Gasteiger partial charge in [0.15, 0.2) is 0 Å². The van der Waals surface area contributed by atoms with Crippen molar-refractivity contribution in [1.82, 2.24) is 9.78 Å². The van der Waals surface area contributed by atoms with Gasteiger partial charge in [0.25, 0.3) is 0 Å². The molecule has 0 amide bonds. The first-order chi connectivity index (χ1) is 11.2. The van der Waals surface area contributed by atoms with E-state index in [1.807, 2.05) is 41.3 Å². The molecule has 0 spiro atoms. The fourth-order valence-corrected chi connectivity index (χ4v) is 3.18. The molecule has 128 valence electrons. The smallest absolute Gasteiger partial charge is 0.399 e. The number of nitrogens with zero attached hydrogens (tertiary/aromatic N) is 2. The molecule has 24 heavy (non-hydrogen) atoms. The first kappa shape index (κ1) is 17.5. The first-order valence-electron chi connectivity index (χ1n) is 8.39. The summed E-state index contributed by atoms with van der Waals surface area (Å²) in [6, 6.07) is 8.00. The highest BCUT2D eigenvalue weighted by atomic mass is 35.5. The topological polar surface area (TPSA) is 36.3 Å². The van der Waals surface area contributed by atoms with Crippen molar-refractivity contribution >= 4 is 24.2 Å². The molecule has 1 unspecified atom stereocenters. The second-order valence-electron chi connectivity index (χ2n) is 7.29. The zero-order chi connectivity index (χ0) is 17.5. The Labute approximate surface area is 149 Å². The Morgan fingerprint density at radius 2 is 1.79 bits per heavy atom. The van der Waals surface area contributed by atoms with Gasteiger partial charge in [-0.2, -0.15) is 5.10 Å². The maximum absolute atomic E-state index is 6.37. The van der Waals surface area contributed by atoms with Gasteiger partial charge in [-0.1, -0.05) is 36.7 Å². The Morgan fingerprint density at radius 3 is 2.38 bits per heavy atom. The van der Waals surface area contributed by atoms with Crippen LogP contribution in [-0.4, -0.2) is 28.1 Å². The average molecular weight is 347 g/mol. The number of rotatable bonds is 4. The number of halogens is 1. The highest BCUT2D eigenvalue weighted by Gasteiger charge is 2.52. The van der Waals surface area contributed by atoms with Crippen LogP contribution in [0.15, 0.2) is 36.7 Å². The Morgan fingerprint density at radius 1 is 1.17 bits per heavy atom. The Kier molecular flexibility index (Phi) is 4.54. The van der Waals surface area contributed by atoms with E-state index in [0.717, 1.165) is 22.5 Å². The van der Waals surface area contributed by atoms with Crippen molar-refractivity contribution in [2.75, 3.05) is 0 Å². The van der Waals surface area contributed by atoms with Crippen LogP contribution in [0.1, 0.15) is 52.6 Å². The third kappa shape index (κ3) is 3.01. The van der Waals surface area contributed by atoms with E-state index in [0.29, 0.717) is 0 Å². The zero-order valence-electron chi connectivity index (χ0n) is 14.9. The molecule has 1 aliphatic rings. The molecule has 1 aliphatic heterocycles. The van der Waals surface area contributed by atoms with Crippen LogP contribution >= 0.6 is 11.6 Å². The Bertz CT molecular complexity index is 713. The lowest BCUT2D eigenvalue weighted by molar-refractivity contribution is 0.00578. The minimum absolute atomic E-state index is 0.0925. The fourth-order valence-electron chi connectivity index (χ4n) is 2.92. The Hall–Kier alpha value is -1.30. The molecule has 2 heterocycles. The number of hydrogen-bond donors (Lipinski definition) is 0. The molecule has 6 heteroatoms. The molecule has 2 aromatic rings. The van der Waals surface area contributed by atoms with Crippen LogP contribution in [-0.2, 0) is 9.31 Å². The normalized spacial score (nSPS) is 20.3. The molecule has 0 radical (unpaired) electrons. The molecule has 3 rings (SSSR count). The quantitative estimate of drug-likeness (QED) is 0.789.